The van der Waals surface area contributed by atoms with Gasteiger partial charge in [-0.3, -0.25) is 15.1 Å². The molecule has 0 aliphatic heterocycles. The van der Waals surface area contributed by atoms with Crippen molar-refractivity contribution in [2.45, 2.75) is 0 Å². The van der Waals surface area contributed by atoms with Gasteiger partial charge in [-0.2, -0.15) is 0 Å². The molecule has 0 amide bonds. The van der Waals surface area contributed by atoms with Gasteiger partial charge in [0.05, 0.1) is 41.5 Å². The summed E-state index contributed by atoms with van der Waals surface area (Å²) < 4.78 is 17.6. The maximum absolute atomic E-state index is 13.0. The zero-order valence-electron chi connectivity index (χ0n) is 13.9. The van der Waals surface area contributed by atoms with Gasteiger partial charge in [-0.15, -0.1) is 0 Å². The average molecular weight is 369 g/mol. The van der Waals surface area contributed by atoms with Gasteiger partial charge in [0, 0.05) is 6.07 Å². The Labute approximate surface area is 152 Å². The molecule has 0 aromatic carbocycles. The van der Waals surface area contributed by atoms with Crippen LogP contribution in [0.3, 0.4) is 0 Å². The van der Waals surface area contributed by atoms with Crippen LogP contribution in [-0.2, 0) is 4.74 Å². The van der Waals surface area contributed by atoms with Gasteiger partial charge in [-0.05, 0) is 30.3 Å². The Morgan fingerprint density at radius 1 is 1.11 bits per heavy atom. The van der Waals surface area contributed by atoms with E-state index in [1.807, 2.05) is 0 Å². The van der Waals surface area contributed by atoms with Crippen molar-refractivity contribution in [1.29, 1.82) is 0 Å². The van der Waals surface area contributed by atoms with Crippen molar-refractivity contribution in [3.05, 3.63) is 70.4 Å². The second-order valence-electron chi connectivity index (χ2n) is 5.23. The molecular weight excluding hydrogens is 357 g/mol. The predicted octanol–water partition coefficient (Wildman–Crippen LogP) is 3.12. The van der Waals surface area contributed by atoms with Gasteiger partial charge in [0.25, 0.3) is 0 Å². The van der Waals surface area contributed by atoms with Gasteiger partial charge >= 0.3 is 11.7 Å². The Balaban J connectivity index is 1.94. The predicted molar refractivity (Wildman–Crippen MR) is 92.9 cm³/mol. The molecule has 0 saturated heterocycles. The van der Waals surface area contributed by atoms with Gasteiger partial charge in [-0.1, -0.05) is 0 Å². The topological polar surface area (TPSA) is 120 Å². The number of rotatable bonds is 5. The van der Waals surface area contributed by atoms with Gasteiger partial charge in [0.1, 0.15) is 11.5 Å². The molecule has 0 spiro atoms. The number of halogens is 1. The minimum absolute atomic E-state index is 0.0451. The Morgan fingerprint density at radius 3 is 2.48 bits per heavy atom. The highest BCUT2D eigenvalue weighted by Crippen LogP contribution is 2.28. The number of esters is 1. The first-order valence-electron chi connectivity index (χ1n) is 7.56. The second-order valence-corrected chi connectivity index (χ2v) is 5.23. The molecule has 9 nitrogen and oxygen atoms in total. The first-order chi connectivity index (χ1) is 13.0. The van der Waals surface area contributed by atoms with E-state index in [0.717, 1.165) is 6.20 Å². The molecule has 0 fully saturated rings. The smallest absolute Gasteiger partial charge is 0.356 e. The molecule has 3 heterocycles. The maximum Gasteiger partial charge on any atom is 0.356 e. The van der Waals surface area contributed by atoms with Crippen molar-refractivity contribution in [1.82, 2.24) is 15.0 Å². The van der Waals surface area contributed by atoms with Gasteiger partial charge < -0.3 is 10.1 Å². The first-order valence-corrected chi connectivity index (χ1v) is 7.56. The molecule has 3 aromatic rings. The van der Waals surface area contributed by atoms with Crippen LogP contribution >= 0.6 is 0 Å². The molecule has 1 N–H and O–H groups in total. The van der Waals surface area contributed by atoms with Gasteiger partial charge in [0.15, 0.2) is 0 Å². The molecule has 0 atom stereocenters. The first kappa shape index (κ1) is 17.9. The lowest BCUT2D eigenvalue weighted by Crippen LogP contribution is -2.05. The van der Waals surface area contributed by atoms with E-state index in [2.05, 4.69) is 25.0 Å². The fraction of sp³-hybridized carbons (Fsp3) is 0.0588. The number of anilines is 2. The van der Waals surface area contributed by atoms with E-state index in [1.54, 1.807) is 0 Å². The summed E-state index contributed by atoms with van der Waals surface area (Å²) in [4.78, 5) is 34.1. The van der Waals surface area contributed by atoms with Crippen LogP contribution in [0.25, 0.3) is 11.4 Å². The van der Waals surface area contributed by atoms with Crippen molar-refractivity contribution >= 4 is 23.2 Å². The number of hydrogen-bond acceptors (Lipinski definition) is 8. The van der Waals surface area contributed by atoms with Crippen LogP contribution in [0.2, 0.25) is 0 Å². The highest BCUT2D eigenvalue weighted by Gasteiger charge is 2.18. The Morgan fingerprint density at radius 2 is 1.89 bits per heavy atom. The third-order valence-corrected chi connectivity index (χ3v) is 3.48. The third kappa shape index (κ3) is 4.00. The highest BCUT2D eigenvalue weighted by atomic mass is 19.1. The van der Waals surface area contributed by atoms with Crippen LogP contribution in [0.1, 0.15) is 10.5 Å². The minimum atomic E-state index is -0.602. The molecule has 0 bridgehead atoms. The van der Waals surface area contributed by atoms with Crippen LogP contribution in [0.5, 0.6) is 0 Å². The van der Waals surface area contributed by atoms with Crippen molar-refractivity contribution in [3.8, 4) is 11.4 Å². The highest BCUT2D eigenvalue weighted by molar-refractivity contribution is 5.87. The SMILES string of the molecule is COC(=O)c1ccc(Nc2nc(-c3ccc(F)cn3)ccc2[N+](=O)[O-])cn1. The van der Waals surface area contributed by atoms with E-state index in [-0.39, 0.29) is 17.2 Å². The molecule has 0 unspecified atom stereocenters. The van der Waals surface area contributed by atoms with E-state index in [9.17, 15) is 19.3 Å². The zero-order valence-corrected chi connectivity index (χ0v) is 13.9. The standard InChI is InChI=1S/C17H12FN5O4/c1-27-17(24)14-5-3-11(9-20-14)21-16-15(23(25)26)7-6-13(22-16)12-4-2-10(18)8-19-12/h2-9H,1H3,(H,21,22). The number of carbonyl (C=O) groups is 1. The number of hydrogen-bond donors (Lipinski definition) is 1. The molecule has 136 valence electrons. The normalized spacial score (nSPS) is 10.3. The fourth-order valence-electron chi connectivity index (χ4n) is 2.19. The third-order valence-electron chi connectivity index (χ3n) is 3.48. The number of aromatic nitrogens is 3. The monoisotopic (exact) mass is 369 g/mol. The van der Waals surface area contributed by atoms with E-state index in [4.69, 9.17) is 0 Å². The molecule has 27 heavy (non-hydrogen) atoms. The molecule has 10 heteroatoms. The fourth-order valence-corrected chi connectivity index (χ4v) is 2.19. The molecule has 0 aliphatic carbocycles. The Hall–Kier alpha value is -3.95. The van der Waals surface area contributed by atoms with Crippen LogP contribution in [-0.4, -0.2) is 33.0 Å². The number of ether oxygens (including phenoxy) is 1. The number of carbonyl (C=O) groups excluding carboxylic acids is 1. The summed E-state index contributed by atoms with van der Waals surface area (Å²) in [6.45, 7) is 0. The lowest BCUT2D eigenvalue weighted by Gasteiger charge is -2.08. The van der Waals surface area contributed by atoms with E-state index in [1.165, 1.54) is 49.7 Å². The number of nitrogens with one attached hydrogen (secondary N) is 1. The summed E-state index contributed by atoms with van der Waals surface area (Å²) in [5.74, 6) is -1.15. The summed E-state index contributed by atoms with van der Waals surface area (Å²) in [5.41, 5.74) is 0.880. The molecule has 0 aliphatic rings. The van der Waals surface area contributed by atoms with Crippen LogP contribution in [0.15, 0.2) is 48.8 Å². The number of pyridine rings is 3. The summed E-state index contributed by atoms with van der Waals surface area (Å²) in [6, 6.07) is 8.24. The molecule has 3 aromatic heterocycles. The van der Waals surface area contributed by atoms with Crippen molar-refractivity contribution in [3.63, 3.8) is 0 Å². The number of nitrogens with zero attached hydrogens (tertiary/aromatic N) is 4. The summed E-state index contributed by atoms with van der Waals surface area (Å²) in [7, 11) is 1.23. The van der Waals surface area contributed by atoms with Crippen molar-refractivity contribution < 1.29 is 18.8 Å². The zero-order chi connectivity index (χ0) is 19.4. The Bertz CT molecular complexity index is 993. The van der Waals surface area contributed by atoms with Crippen LogP contribution in [0.4, 0.5) is 21.6 Å². The van der Waals surface area contributed by atoms with Crippen molar-refractivity contribution in [2.24, 2.45) is 0 Å². The average Bonchev–Trinajstić information content (AvgIpc) is 2.68. The van der Waals surface area contributed by atoms with Crippen molar-refractivity contribution in [2.75, 3.05) is 12.4 Å². The number of methoxy groups -OCH3 is 1. The van der Waals surface area contributed by atoms with Crippen LogP contribution < -0.4 is 5.32 Å². The Kier molecular flexibility index (Phi) is 4.97. The summed E-state index contributed by atoms with van der Waals surface area (Å²) >= 11 is 0. The van der Waals surface area contributed by atoms with E-state index in [0.29, 0.717) is 17.1 Å². The lowest BCUT2D eigenvalue weighted by atomic mass is 10.2. The minimum Gasteiger partial charge on any atom is -0.464 e. The second kappa shape index (κ2) is 7.52. The molecule has 0 saturated carbocycles. The quantitative estimate of drug-likeness (QED) is 0.414. The van der Waals surface area contributed by atoms with E-state index < -0.39 is 16.7 Å². The van der Waals surface area contributed by atoms with Gasteiger partial charge in [0.2, 0.25) is 5.82 Å². The lowest BCUT2D eigenvalue weighted by molar-refractivity contribution is -0.384. The van der Waals surface area contributed by atoms with Gasteiger partial charge in [-0.25, -0.2) is 19.2 Å². The molecule has 0 radical (unpaired) electrons. The molecule has 3 rings (SSSR count). The summed E-state index contributed by atoms with van der Waals surface area (Å²) in [6.07, 6.45) is 2.35. The maximum atomic E-state index is 13.0. The van der Waals surface area contributed by atoms with Crippen LogP contribution in [0, 0.1) is 15.9 Å². The van der Waals surface area contributed by atoms with E-state index >= 15 is 0 Å². The molecular formula is C17H12FN5O4. The number of nitro groups is 1. The largest absolute Gasteiger partial charge is 0.464 e. The summed E-state index contributed by atoms with van der Waals surface area (Å²) in [5, 5.41) is 14.1.